The fourth-order valence-corrected chi connectivity index (χ4v) is 4.88. The van der Waals surface area contributed by atoms with E-state index in [1.165, 1.54) is 37.9 Å². The van der Waals surface area contributed by atoms with Crippen molar-refractivity contribution in [3.8, 4) is 0 Å². The number of ether oxygens (including phenoxy) is 1. The number of fused-ring (bicyclic) bond motifs is 1. The number of H-pyrrole nitrogens is 1. The predicted molar refractivity (Wildman–Crippen MR) is 86.6 cm³/mol. The minimum absolute atomic E-state index is 0.0880. The summed E-state index contributed by atoms with van der Waals surface area (Å²) < 4.78 is 5.90. The van der Waals surface area contributed by atoms with Gasteiger partial charge < -0.3 is 15.0 Å². The van der Waals surface area contributed by atoms with Gasteiger partial charge >= 0.3 is 0 Å². The molecule has 6 heteroatoms. The zero-order valence-electron chi connectivity index (χ0n) is 12.9. The second-order valence-electron chi connectivity index (χ2n) is 6.97. The highest BCUT2D eigenvalue weighted by Gasteiger charge is 2.57. The van der Waals surface area contributed by atoms with Gasteiger partial charge in [0.1, 0.15) is 5.56 Å². The van der Waals surface area contributed by atoms with Gasteiger partial charge in [-0.25, -0.2) is 0 Å². The van der Waals surface area contributed by atoms with Crippen molar-refractivity contribution in [3.63, 3.8) is 0 Å². The van der Waals surface area contributed by atoms with E-state index in [1.54, 1.807) is 0 Å². The first-order valence-electron chi connectivity index (χ1n) is 8.46. The number of rotatable bonds is 3. The molecule has 1 aromatic heterocycles. The maximum absolute atomic E-state index is 12.5. The second-order valence-corrected chi connectivity index (χ2v) is 7.41. The van der Waals surface area contributed by atoms with Gasteiger partial charge in [0.25, 0.3) is 11.5 Å². The van der Waals surface area contributed by atoms with Crippen LogP contribution < -0.4 is 10.9 Å². The number of pyridine rings is 1. The van der Waals surface area contributed by atoms with Crippen molar-refractivity contribution >= 4 is 17.5 Å². The largest absolute Gasteiger partial charge is 0.377 e. The lowest BCUT2D eigenvalue weighted by molar-refractivity contribution is -0.0784. The maximum Gasteiger partial charge on any atom is 0.260 e. The van der Waals surface area contributed by atoms with Crippen LogP contribution in [0.2, 0.25) is 5.02 Å². The zero-order valence-corrected chi connectivity index (χ0v) is 13.6. The van der Waals surface area contributed by atoms with Crippen LogP contribution in [-0.4, -0.2) is 29.6 Å². The van der Waals surface area contributed by atoms with Gasteiger partial charge in [-0.2, -0.15) is 0 Å². The molecule has 0 bridgehead atoms. The van der Waals surface area contributed by atoms with Crippen LogP contribution in [0.25, 0.3) is 0 Å². The Morgan fingerprint density at radius 2 is 2.09 bits per heavy atom. The average Bonchev–Trinajstić information content (AvgIpc) is 3.18. The number of amides is 1. The van der Waals surface area contributed by atoms with Crippen LogP contribution in [0.4, 0.5) is 0 Å². The summed E-state index contributed by atoms with van der Waals surface area (Å²) in [4.78, 5) is 26.9. The number of carbonyl (C=O) groups excluding carboxylic acids is 1. The molecule has 1 aromatic rings. The van der Waals surface area contributed by atoms with Crippen LogP contribution in [0, 0.1) is 17.8 Å². The molecule has 1 saturated heterocycles. The summed E-state index contributed by atoms with van der Waals surface area (Å²) in [5, 5.41) is 3.46. The van der Waals surface area contributed by atoms with Gasteiger partial charge in [-0.05, 0) is 18.4 Å². The molecule has 0 aromatic carbocycles. The third kappa shape index (κ3) is 2.60. The third-order valence-electron chi connectivity index (χ3n) is 5.79. The van der Waals surface area contributed by atoms with Crippen LogP contribution in [-0.2, 0) is 4.74 Å². The van der Waals surface area contributed by atoms with Crippen molar-refractivity contribution in [2.45, 2.75) is 44.2 Å². The molecule has 3 aliphatic rings. The molecule has 1 amide bonds. The lowest BCUT2D eigenvalue weighted by Crippen LogP contribution is -2.63. The fourth-order valence-electron chi connectivity index (χ4n) is 4.71. The van der Waals surface area contributed by atoms with Gasteiger partial charge in [-0.15, -0.1) is 0 Å². The van der Waals surface area contributed by atoms with E-state index >= 15 is 0 Å². The first kappa shape index (κ1) is 15.2. The Balaban J connectivity index is 1.53. The number of nitrogens with one attached hydrogen (secondary N) is 2. The zero-order chi connectivity index (χ0) is 16.0. The lowest BCUT2D eigenvalue weighted by atomic mass is 9.61. The summed E-state index contributed by atoms with van der Waals surface area (Å²) in [7, 11) is 0. The van der Waals surface area contributed by atoms with E-state index in [0.29, 0.717) is 28.9 Å². The fraction of sp³-hybridized carbons (Fsp3) is 0.647. The molecule has 2 saturated carbocycles. The molecule has 0 spiro atoms. The molecule has 2 aliphatic carbocycles. The number of hydrogen-bond donors (Lipinski definition) is 2. The van der Waals surface area contributed by atoms with Crippen molar-refractivity contribution in [2.75, 3.05) is 6.61 Å². The van der Waals surface area contributed by atoms with Gasteiger partial charge in [0, 0.05) is 30.7 Å². The van der Waals surface area contributed by atoms with Crippen molar-refractivity contribution in [2.24, 2.45) is 17.8 Å². The normalized spacial score (nSPS) is 33.3. The number of halogens is 1. The quantitative estimate of drug-likeness (QED) is 0.890. The van der Waals surface area contributed by atoms with Crippen molar-refractivity contribution in [3.05, 3.63) is 33.2 Å². The summed E-state index contributed by atoms with van der Waals surface area (Å²) in [5.41, 5.74) is -0.312. The van der Waals surface area contributed by atoms with Gasteiger partial charge in [-0.3, -0.25) is 9.59 Å². The topological polar surface area (TPSA) is 71.2 Å². The Morgan fingerprint density at radius 1 is 1.30 bits per heavy atom. The lowest BCUT2D eigenvalue weighted by Gasteiger charge is -2.50. The van der Waals surface area contributed by atoms with Crippen LogP contribution in [0.5, 0.6) is 0 Å². The molecule has 1 aliphatic heterocycles. The van der Waals surface area contributed by atoms with E-state index in [2.05, 4.69) is 10.3 Å². The first-order chi connectivity index (χ1) is 11.1. The van der Waals surface area contributed by atoms with E-state index in [-0.39, 0.29) is 17.5 Å². The SMILES string of the molecule is O=C(N[C@@H]1[C@@H]2CCO[C@@H]2[C@@H]1C1CCCC1)c1cc(Cl)c[nH]c1=O. The first-order valence-corrected chi connectivity index (χ1v) is 8.83. The Bertz CT molecular complexity index is 663. The summed E-state index contributed by atoms with van der Waals surface area (Å²) in [6.45, 7) is 0.780. The van der Waals surface area contributed by atoms with E-state index < -0.39 is 5.56 Å². The number of aromatic amines is 1. The summed E-state index contributed by atoms with van der Waals surface area (Å²) in [6.07, 6.45) is 7.67. The molecule has 124 valence electrons. The molecule has 0 radical (unpaired) electrons. The Hall–Kier alpha value is -1.33. The molecule has 0 unspecified atom stereocenters. The molecule has 5 nitrogen and oxygen atoms in total. The van der Waals surface area contributed by atoms with Crippen molar-refractivity contribution < 1.29 is 9.53 Å². The molecule has 23 heavy (non-hydrogen) atoms. The molecular weight excluding hydrogens is 316 g/mol. The summed E-state index contributed by atoms with van der Waals surface area (Å²) in [5.74, 6) is 1.10. The smallest absolute Gasteiger partial charge is 0.260 e. The molecular formula is C17H21ClN2O3. The third-order valence-corrected chi connectivity index (χ3v) is 6.01. The Labute approximate surface area is 139 Å². The predicted octanol–water partition coefficient (Wildman–Crippen LogP) is 2.35. The summed E-state index contributed by atoms with van der Waals surface area (Å²) >= 11 is 5.90. The van der Waals surface area contributed by atoms with E-state index in [9.17, 15) is 9.59 Å². The summed E-state index contributed by atoms with van der Waals surface area (Å²) in [6, 6.07) is 1.55. The van der Waals surface area contributed by atoms with E-state index in [1.807, 2.05) is 0 Å². The minimum Gasteiger partial charge on any atom is -0.377 e. The Morgan fingerprint density at radius 3 is 2.87 bits per heavy atom. The van der Waals surface area contributed by atoms with Crippen LogP contribution in [0.1, 0.15) is 42.5 Å². The van der Waals surface area contributed by atoms with Gasteiger partial charge in [0.05, 0.1) is 11.1 Å². The number of hydrogen-bond acceptors (Lipinski definition) is 3. The molecule has 2 heterocycles. The number of carbonyl (C=O) groups is 1. The highest BCUT2D eigenvalue weighted by atomic mass is 35.5. The van der Waals surface area contributed by atoms with Crippen molar-refractivity contribution in [1.82, 2.24) is 10.3 Å². The van der Waals surface area contributed by atoms with Crippen molar-refractivity contribution in [1.29, 1.82) is 0 Å². The average molecular weight is 337 g/mol. The van der Waals surface area contributed by atoms with Crippen LogP contribution in [0.15, 0.2) is 17.1 Å². The van der Waals surface area contributed by atoms with E-state index in [0.717, 1.165) is 13.0 Å². The standard InChI is InChI=1S/C17H21ClN2O3/c18-10-7-12(16(21)19-8-10)17(22)20-14-11-5-6-23-15(11)13(14)9-3-1-2-4-9/h7-9,11,13-15H,1-6H2,(H,19,21)(H,20,22)/t11-,13+,14+,15-/m0/s1. The molecule has 4 rings (SSSR count). The molecule has 3 fully saturated rings. The minimum atomic E-state index is -0.400. The highest BCUT2D eigenvalue weighted by molar-refractivity contribution is 6.30. The van der Waals surface area contributed by atoms with Gasteiger partial charge in [0.15, 0.2) is 0 Å². The monoisotopic (exact) mass is 336 g/mol. The molecule has 2 N–H and O–H groups in total. The van der Waals surface area contributed by atoms with E-state index in [4.69, 9.17) is 16.3 Å². The van der Waals surface area contributed by atoms with Gasteiger partial charge in [0.2, 0.25) is 0 Å². The highest BCUT2D eigenvalue weighted by Crippen LogP contribution is 2.51. The maximum atomic E-state index is 12.5. The van der Waals surface area contributed by atoms with Gasteiger partial charge in [-0.1, -0.05) is 37.3 Å². The Kier molecular flexibility index (Phi) is 3.93. The number of aromatic nitrogens is 1. The van der Waals surface area contributed by atoms with Crippen LogP contribution >= 0.6 is 11.6 Å². The van der Waals surface area contributed by atoms with Crippen LogP contribution in [0.3, 0.4) is 0 Å². The second kappa shape index (κ2) is 5.95. The molecule has 4 atom stereocenters.